The van der Waals surface area contributed by atoms with Crippen molar-refractivity contribution in [3.8, 4) is 0 Å². The van der Waals surface area contributed by atoms with Crippen LogP contribution >= 0.6 is 0 Å². The fraction of sp³-hybridized carbons (Fsp3) is 0.167. The zero-order valence-corrected chi connectivity index (χ0v) is 10.7. The van der Waals surface area contributed by atoms with Crippen molar-refractivity contribution in [2.45, 2.75) is 6.92 Å². The predicted octanol–water partition coefficient (Wildman–Crippen LogP) is 2.26. The van der Waals surface area contributed by atoms with Gasteiger partial charge >= 0.3 is 5.69 Å². The average molecular weight is 277 g/mol. The van der Waals surface area contributed by atoms with Crippen LogP contribution in [0.2, 0.25) is 0 Å². The molecule has 0 aliphatic carbocycles. The Morgan fingerprint density at radius 2 is 2.25 bits per heavy atom. The van der Waals surface area contributed by atoms with Gasteiger partial charge in [0.15, 0.2) is 0 Å². The summed E-state index contributed by atoms with van der Waals surface area (Å²) in [5, 5.41) is 11.0. The Labute approximate surface area is 114 Å². The first-order valence-corrected chi connectivity index (χ1v) is 5.83. The van der Waals surface area contributed by atoms with Crippen molar-refractivity contribution in [2.24, 2.45) is 0 Å². The number of anilines is 3. The van der Waals surface area contributed by atoms with Crippen molar-refractivity contribution in [1.29, 1.82) is 0 Å². The van der Waals surface area contributed by atoms with E-state index < -0.39 is 10.7 Å². The number of hydrogen-bond donors (Lipinski definition) is 1. The Morgan fingerprint density at radius 1 is 1.50 bits per heavy atom. The minimum absolute atomic E-state index is 0.0376. The zero-order valence-electron chi connectivity index (χ0n) is 10.7. The number of hydrogen-bond acceptors (Lipinski definition) is 6. The molecule has 0 saturated heterocycles. The summed E-state index contributed by atoms with van der Waals surface area (Å²) < 4.78 is 13.3. The van der Waals surface area contributed by atoms with E-state index in [1.165, 1.54) is 23.1 Å². The van der Waals surface area contributed by atoms with Gasteiger partial charge in [-0.3, -0.25) is 10.1 Å². The molecular formula is C12H12FN5O2. The zero-order chi connectivity index (χ0) is 14.7. The van der Waals surface area contributed by atoms with Gasteiger partial charge in [-0.2, -0.15) is 4.98 Å². The van der Waals surface area contributed by atoms with Crippen LogP contribution in [0, 0.1) is 15.9 Å². The third-order valence-corrected chi connectivity index (χ3v) is 2.66. The van der Waals surface area contributed by atoms with Crippen LogP contribution in [0.3, 0.4) is 0 Å². The highest BCUT2D eigenvalue weighted by Crippen LogP contribution is 2.31. The van der Waals surface area contributed by atoms with Crippen LogP contribution in [0.1, 0.15) is 6.92 Å². The van der Waals surface area contributed by atoms with Gasteiger partial charge in [0.25, 0.3) is 0 Å². The van der Waals surface area contributed by atoms with E-state index in [9.17, 15) is 14.5 Å². The summed E-state index contributed by atoms with van der Waals surface area (Å²) in [6, 6.07) is 5.71. The molecule has 2 N–H and O–H groups in total. The maximum Gasteiger partial charge on any atom is 0.330 e. The third-order valence-electron chi connectivity index (χ3n) is 2.66. The highest BCUT2D eigenvalue weighted by molar-refractivity contribution is 5.68. The van der Waals surface area contributed by atoms with E-state index in [0.29, 0.717) is 12.2 Å². The van der Waals surface area contributed by atoms with Crippen LogP contribution in [0.4, 0.5) is 27.5 Å². The molecule has 0 amide bonds. The molecule has 0 aliphatic rings. The molecule has 0 bridgehead atoms. The number of nitrogens with zero attached hydrogens (tertiary/aromatic N) is 4. The lowest BCUT2D eigenvalue weighted by molar-refractivity contribution is -0.384. The number of nitrogens with two attached hydrogens (primary N) is 1. The average Bonchev–Trinajstić information content (AvgIpc) is 2.39. The van der Waals surface area contributed by atoms with Crippen LogP contribution in [-0.4, -0.2) is 21.4 Å². The highest BCUT2D eigenvalue weighted by atomic mass is 19.1. The molecule has 1 aromatic heterocycles. The Bertz CT molecular complexity index is 649. The molecule has 0 fully saturated rings. The molecule has 7 nitrogen and oxygen atoms in total. The summed E-state index contributed by atoms with van der Waals surface area (Å²) in [6.07, 6.45) is 1.04. The maximum atomic E-state index is 13.3. The molecule has 8 heteroatoms. The molecule has 0 aliphatic heterocycles. The lowest BCUT2D eigenvalue weighted by Gasteiger charge is -2.21. The molecule has 0 atom stereocenters. The van der Waals surface area contributed by atoms with Crippen molar-refractivity contribution in [2.75, 3.05) is 17.2 Å². The lowest BCUT2D eigenvalue weighted by Crippen LogP contribution is -2.20. The molecule has 104 valence electrons. The van der Waals surface area contributed by atoms with E-state index in [1.54, 1.807) is 13.0 Å². The van der Waals surface area contributed by atoms with Gasteiger partial charge in [0.2, 0.25) is 11.8 Å². The quantitative estimate of drug-likeness (QED) is 0.680. The monoisotopic (exact) mass is 277 g/mol. The number of rotatable bonds is 4. The van der Waals surface area contributed by atoms with Crippen molar-refractivity contribution in [1.82, 2.24) is 9.97 Å². The number of benzene rings is 1. The minimum Gasteiger partial charge on any atom is -0.368 e. The molecule has 1 heterocycles. The van der Waals surface area contributed by atoms with Crippen molar-refractivity contribution >= 4 is 23.1 Å². The minimum atomic E-state index is -0.600. The van der Waals surface area contributed by atoms with Gasteiger partial charge in [0.1, 0.15) is 12.0 Å². The van der Waals surface area contributed by atoms with Gasteiger partial charge in [-0.15, -0.1) is 0 Å². The molecule has 1 aromatic carbocycles. The van der Waals surface area contributed by atoms with E-state index in [-0.39, 0.29) is 17.5 Å². The molecule has 0 unspecified atom stereocenters. The van der Waals surface area contributed by atoms with Crippen LogP contribution in [0.5, 0.6) is 0 Å². The molecule has 20 heavy (non-hydrogen) atoms. The molecule has 0 saturated carbocycles. The third kappa shape index (κ3) is 2.63. The smallest absolute Gasteiger partial charge is 0.330 e. The molecule has 2 rings (SSSR count). The Hall–Kier alpha value is -2.77. The van der Waals surface area contributed by atoms with Crippen molar-refractivity contribution < 1.29 is 9.31 Å². The first-order valence-electron chi connectivity index (χ1n) is 5.83. The van der Waals surface area contributed by atoms with E-state index >= 15 is 0 Å². The van der Waals surface area contributed by atoms with Crippen LogP contribution in [0.25, 0.3) is 0 Å². The molecule has 2 aromatic rings. The Morgan fingerprint density at radius 3 is 2.85 bits per heavy atom. The van der Waals surface area contributed by atoms with Crippen LogP contribution in [0.15, 0.2) is 30.5 Å². The topological polar surface area (TPSA) is 98.2 Å². The fourth-order valence-corrected chi connectivity index (χ4v) is 1.81. The van der Waals surface area contributed by atoms with E-state index in [1.807, 2.05) is 0 Å². The van der Waals surface area contributed by atoms with Gasteiger partial charge in [0.05, 0.1) is 4.92 Å². The summed E-state index contributed by atoms with van der Waals surface area (Å²) in [6.45, 7) is 2.13. The predicted molar refractivity (Wildman–Crippen MR) is 72.2 cm³/mol. The Balaban J connectivity index is 2.57. The summed E-state index contributed by atoms with van der Waals surface area (Å²) >= 11 is 0. The Kier molecular flexibility index (Phi) is 3.74. The SMILES string of the molecule is CCN(c1cccc(F)c1)c1nc(N)ncc1[N+](=O)[O-]. The maximum absolute atomic E-state index is 13.3. The van der Waals surface area contributed by atoms with Crippen LogP contribution < -0.4 is 10.6 Å². The summed E-state index contributed by atoms with van der Waals surface area (Å²) in [5.41, 5.74) is 5.65. The standard InChI is InChI=1S/C12H12FN5O2/c1-2-17(9-5-3-4-8(13)6-9)11-10(18(19)20)7-15-12(14)16-11/h3-7H,2H2,1H3,(H2,14,15,16). The summed E-state index contributed by atoms with van der Waals surface area (Å²) in [5.74, 6) is -0.485. The van der Waals surface area contributed by atoms with Gasteiger partial charge in [-0.05, 0) is 25.1 Å². The highest BCUT2D eigenvalue weighted by Gasteiger charge is 2.23. The normalized spacial score (nSPS) is 10.3. The second kappa shape index (κ2) is 5.47. The first kappa shape index (κ1) is 13.7. The van der Waals surface area contributed by atoms with Gasteiger partial charge in [0, 0.05) is 12.2 Å². The second-order valence-electron chi connectivity index (χ2n) is 3.92. The molecule has 0 radical (unpaired) electrons. The number of halogens is 1. The van der Waals surface area contributed by atoms with Gasteiger partial charge in [-0.1, -0.05) is 6.07 Å². The van der Waals surface area contributed by atoms with E-state index in [4.69, 9.17) is 5.73 Å². The van der Waals surface area contributed by atoms with Gasteiger partial charge in [-0.25, -0.2) is 9.37 Å². The number of nitrogen functional groups attached to an aromatic ring is 1. The number of nitro groups is 1. The largest absolute Gasteiger partial charge is 0.368 e. The van der Waals surface area contributed by atoms with Crippen LogP contribution in [-0.2, 0) is 0 Å². The second-order valence-corrected chi connectivity index (χ2v) is 3.92. The van der Waals surface area contributed by atoms with Crippen molar-refractivity contribution in [3.05, 3.63) is 46.4 Å². The fourth-order valence-electron chi connectivity index (χ4n) is 1.81. The lowest BCUT2D eigenvalue weighted by atomic mass is 10.2. The summed E-state index contributed by atoms with van der Waals surface area (Å²) in [7, 11) is 0. The molecular weight excluding hydrogens is 265 g/mol. The summed E-state index contributed by atoms with van der Waals surface area (Å²) in [4.78, 5) is 19.4. The molecule has 0 spiro atoms. The van der Waals surface area contributed by atoms with Crippen molar-refractivity contribution in [3.63, 3.8) is 0 Å². The first-order chi connectivity index (χ1) is 9.52. The number of aromatic nitrogens is 2. The van der Waals surface area contributed by atoms with Gasteiger partial charge < -0.3 is 10.6 Å². The van der Waals surface area contributed by atoms with E-state index in [0.717, 1.165) is 6.20 Å². The van der Waals surface area contributed by atoms with E-state index in [2.05, 4.69) is 9.97 Å².